The van der Waals surface area contributed by atoms with Gasteiger partial charge >= 0.3 is 0 Å². The Balaban J connectivity index is 1.27. The maximum absolute atomic E-state index is 12.5. The lowest BCUT2D eigenvalue weighted by Gasteiger charge is -2.17. The van der Waals surface area contributed by atoms with E-state index in [0.29, 0.717) is 17.5 Å². The highest BCUT2D eigenvalue weighted by atomic mass is 16.5. The first-order chi connectivity index (χ1) is 13.2. The van der Waals surface area contributed by atoms with Gasteiger partial charge in [-0.05, 0) is 38.5 Å². The molecule has 0 spiro atoms. The third-order valence-corrected chi connectivity index (χ3v) is 5.40. The zero-order valence-corrected chi connectivity index (χ0v) is 15.6. The average molecular weight is 371 g/mol. The highest BCUT2D eigenvalue weighted by molar-refractivity contribution is 5.92. The van der Waals surface area contributed by atoms with Gasteiger partial charge in [0.25, 0.3) is 5.91 Å². The van der Waals surface area contributed by atoms with Crippen molar-refractivity contribution in [3.05, 3.63) is 35.5 Å². The van der Waals surface area contributed by atoms with E-state index >= 15 is 0 Å². The van der Waals surface area contributed by atoms with Crippen molar-refractivity contribution in [1.29, 1.82) is 0 Å². The summed E-state index contributed by atoms with van der Waals surface area (Å²) in [6.45, 7) is 4.90. The number of aryl methyl sites for hydroxylation is 2. The number of amides is 1. The molecule has 27 heavy (non-hydrogen) atoms. The van der Waals surface area contributed by atoms with Crippen LogP contribution in [0.2, 0.25) is 0 Å². The topological polar surface area (TPSA) is 94.2 Å². The average Bonchev–Trinajstić information content (AvgIpc) is 3.37. The van der Waals surface area contributed by atoms with Gasteiger partial charge in [0, 0.05) is 44.8 Å². The zero-order valence-electron chi connectivity index (χ0n) is 15.6. The Kier molecular flexibility index (Phi) is 5.42. The predicted molar refractivity (Wildman–Crippen MR) is 96.2 cm³/mol. The van der Waals surface area contributed by atoms with Crippen molar-refractivity contribution < 1.29 is 14.1 Å². The summed E-state index contributed by atoms with van der Waals surface area (Å²) in [4.78, 5) is 27.3. The van der Waals surface area contributed by atoms with Gasteiger partial charge in [-0.3, -0.25) is 9.78 Å². The maximum Gasteiger partial charge on any atom is 0.274 e. The van der Waals surface area contributed by atoms with Crippen LogP contribution in [0.15, 0.2) is 16.9 Å². The van der Waals surface area contributed by atoms with Crippen molar-refractivity contribution >= 4 is 5.91 Å². The molecule has 0 saturated carbocycles. The van der Waals surface area contributed by atoms with Crippen LogP contribution in [0, 0.1) is 12.8 Å². The minimum atomic E-state index is -0.0358. The SMILES string of the molecule is Cc1cnc(C(=O)N2CCC(CCc3noc(C4CCOCC4)n3)C2)cn1. The predicted octanol–water partition coefficient (Wildman–Crippen LogP) is 2.16. The molecule has 0 aromatic carbocycles. The van der Waals surface area contributed by atoms with Crippen LogP contribution in [-0.2, 0) is 11.2 Å². The second-order valence-electron chi connectivity index (χ2n) is 7.42. The van der Waals surface area contributed by atoms with Gasteiger partial charge in [0.1, 0.15) is 5.69 Å². The number of carbonyl (C=O) groups is 1. The Morgan fingerprint density at radius 3 is 2.85 bits per heavy atom. The van der Waals surface area contributed by atoms with Gasteiger partial charge in [-0.25, -0.2) is 4.98 Å². The maximum atomic E-state index is 12.5. The van der Waals surface area contributed by atoms with E-state index in [1.165, 1.54) is 0 Å². The van der Waals surface area contributed by atoms with E-state index < -0.39 is 0 Å². The highest BCUT2D eigenvalue weighted by Gasteiger charge is 2.28. The molecule has 8 heteroatoms. The Bertz CT molecular complexity index is 770. The van der Waals surface area contributed by atoms with Gasteiger partial charge in [0.2, 0.25) is 5.89 Å². The van der Waals surface area contributed by atoms with Crippen LogP contribution in [-0.4, -0.2) is 57.2 Å². The molecule has 2 aliphatic rings. The van der Waals surface area contributed by atoms with Crippen LogP contribution in [0.5, 0.6) is 0 Å². The van der Waals surface area contributed by atoms with Gasteiger partial charge in [0.05, 0.1) is 11.9 Å². The first-order valence-corrected chi connectivity index (χ1v) is 9.67. The summed E-state index contributed by atoms with van der Waals surface area (Å²) in [5.41, 5.74) is 1.23. The van der Waals surface area contributed by atoms with Crippen LogP contribution in [0.25, 0.3) is 0 Å². The molecule has 2 saturated heterocycles. The summed E-state index contributed by atoms with van der Waals surface area (Å²) < 4.78 is 10.8. The van der Waals surface area contributed by atoms with Crippen LogP contribution in [0.4, 0.5) is 0 Å². The molecule has 8 nitrogen and oxygen atoms in total. The monoisotopic (exact) mass is 371 g/mol. The summed E-state index contributed by atoms with van der Waals surface area (Å²) in [6, 6.07) is 0. The van der Waals surface area contributed by atoms with Crippen molar-refractivity contribution in [2.45, 2.75) is 44.9 Å². The van der Waals surface area contributed by atoms with Crippen molar-refractivity contribution in [3.8, 4) is 0 Å². The number of carbonyl (C=O) groups excluding carboxylic acids is 1. The standard InChI is InChI=1S/C19H25N5O3/c1-13-10-21-16(11-20-13)19(25)24-7-4-14(12-24)2-3-17-22-18(27-23-17)15-5-8-26-9-6-15/h10-11,14-15H,2-9,12H2,1H3. The number of rotatable bonds is 5. The van der Waals surface area contributed by atoms with E-state index in [9.17, 15) is 4.79 Å². The van der Waals surface area contributed by atoms with Gasteiger partial charge in [-0.2, -0.15) is 4.98 Å². The van der Waals surface area contributed by atoms with Gasteiger partial charge in [-0.1, -0.05) is 5.16 Å². The molecule has 0 N–H and O–H groups in total. The minimum absolute atomic E-state index is 0.0358. The fraction of sp³-hybridized carbons (Fsp3) is 0.632. The number of ether oxygens (including phenoxy) is 1. The summed E-state index contributed by atoms with van der Waals surface area (Å²) in [5.74, 6) is 2.26. The first-order valence-electron chi connectivity index (χ1n) is 9.67. The third kappa shape index (κ3) is 4.32. The normalized spacial score (nSPS) is 20.9. The summed E-state index contributed by atoms with van der Waals surface area (Å²) in [6.07, 6.45) is 7.82. The smallest absolute Gasteiger partial charge is 0.274 e. The molecule has 1 atom stereocenters. The Labute approximate surface area is 158 Å². The van der Waals surface area contributed by atoms with Crippen molar-refractivity contribution in [3.63, 3.8) is 0 Å². The molecule has 2 aromatic heterocycles. The second kappa shape index (κ2) is 8.12. The molecule has 1 amide bonds. The molecule has 4 heterocycles. The largest absolute Gasteiger partial charge is 0.381 e. The molecular weight excluding hydrogens is 346 g/mol. The number of nitrogens with zero attached hydrogens (tertiary/aromatic N) is 5. The number of likely N-dealkylation sites (tertiary alicyclic amines) is 1. The van der Waals surface area contributed by atoms with E-state index in [1.54, 1.807) is 12.4 Å². The summed E-state index contributed by atoms with van der Waals surface area (Å²) in [7, 11) is 0. The van der Waals surface area contributed by atoms with E-state index in [-0.39, 0.29) is 5.91 Å². The lowest BCUT2D eigenvalue weighted by Crippen LogP contribution is -2.29. The fourth-order valence-corrected chi connectivity index (χ4v) is 3.73. The summed E-state index contributed by atoms with van der Waals surface area (Å²) in [5, 5.41) is 4.14. The van der Waals surface area contributed by atoms with Crippen LogP contribution >= 0.6 is 0 Å². The zero-order chi connectivity index (χ0) is 18.6. The highest BCUT2D eigenvalue weighted by Crippen LogP contribution is 2.26. The van der Waals surface area contributed by atoms with Crippen molar-refractivity contribution in [2.24, 2.45) is 5.92 Å². The molecule has 0 bridgehead atoms. The molecule has 144 valence electrons. The molecular formula is C19H25N5O3. The first kappa shape index (κ1) is 18.0. The Hall–Kier alpha value is -2.35. The quantitative estimate of drug-likeness (QED) is 0.795. The molecule has 2 fully saturated rings. The molecule has 4 rings (SSSR count). The minimum Gasteiger partial charge on any atom is -0.381 e. The lowest BCUT2D eigenvalue weighted by atomic mass is 10.0. The fourth-order valence-electron chi connectivity index (χ4n) is 3.73. The molecule has 0 aliphatic carbocycles. The van der Waals surface area contributed by atoms with E-state index in [0.717, 1.165) is 75.8 Å². The van der Waals surface area contributed by atoms with Crippen molar-refractivity contribution in [2.75, 3.05) is 26.3 Å². The van der Waals surface area contributed by atoms with Crippen LogP contribution < -0.4 is 0 Å². The third-order valence-electron chi connectivity index (χ3n) is 5.40. The molecule has 0 radical (unpaired) electrons. The second-order valence-corrected chi connectivity index (χ2v) is 7.42. The lowest BCUT2D eigenvalue weighted by molar-refractivity contribution is 0.0777. The van der Waals surface area contributed by atoms with Crippen LogP contribution in [0.1, 0.15) is 59.5 Å². The van der Waals surface area contributed by atoms with Crippen molar-refractivity contribution in [1.82, 2.24) is 25.0 Å². The molecule has 2 aliphatic heterocycles. The molecule has 2 aromatic rings. The number of hydrogen-bond donors (Lipinski definition) is 0. The van der Waals surface area contributed by atoms with E-state index in [4.69, 9.17) is 9.26 Å². The summed E-state index contributed by atoms with van der Waals surface area (Å²) >= 11 is 0. The molecule has 1 unspecified atom stereocenters. The Morgan fingerprint density at radius 2 is 2.07 bits per heavy atom. The van der Waals surface area contributed by atoms with Gasteiger partial charge in [0.15, 0.2) is 5.82 Å². The van der Waals surface area contributed by atoms with Gasteiger partial charge < -0.3 is 14.2 Å². The van der Waals surface area contributed by atoms with E-state index in [2.05, 4.69) is 20.1 Å². The number of hydrogen-bond acceptors (Lipinski definition) is 7. The van der Waals surface area contributed by atoms with E-state index in [1.807, 2.05) is 11.8 Å². The van der Waals surface area contributed by atoms with Crippen LogP contribution in [0.3, 0.4) is 0 Å². The van der Waals surface area contributed by atoms with Gasteiger partial charge in [-0.15, -0.1) is 0 Å². The Morgan fingerprint density at radius 1 is 1.22 bits per heavy atom. The number of aromatic nitrogens is 4.